The second kappa shape index (κ2) is 9.27. The van der Waals surface area contributed by atoms with Crippen LogP contribution in [0.1, 0.15) is 16.9 Å². The molecular formula is C20H23FN4O2S2. The van der Waals surface area contributed by atoms with Crippen molar-refractivity contribution in [2.75, 3.05) is 38.7 Å². The van der Waals surface area contributed by atoms with Crippen LogP contribution in [-0.2, 0) is 22.5 Å². The number of anilines is 1. The molecule has 2 aromatic heterocycles. The summed E-state index contributed by atoms with van der Waals surface area (Å²) in [5, 5.41) is 11.3. The molecule has 0 atom stereocenters. The predicted octanol–water partition coefficient (Wildman–Crippen LogP) is 3.37. The van der Waals surface area contributed by atoms with Gasteiger partial charge in [-0.15, -0.1) is 22.7 Å². The first-order valence-corrected chi connectivity index (χ1v) is 11.2. The number of hydrogen-bond acceptors (Lipinski definition) is 7. The smallest absolute Gasteiger partial charge is 0.226 e. The molecule has 1 aliphatic heterocycles. The highest BCUT2D eigenvalue weighted by atomic mass is 32.1. The van der Waals surface area contributed by atoms with Crippen LogP contribution < -0.4 is 16.0 Å². The van der Waals surface area contributed by atoms with Gasteiger partial charge in [-0.25, -0.2) is 9.37 Å². The fourth-order valence-corrected chi connectivity index (χ4v) is 5.67. The molecule has 1 amide bonds. The number of fused-ring (bicyclic) bond motifs is 2. The van der Waals surface area contributed by atoms with Crippen molar-refractivity contribution in [1.29, 1.82) is 0 Å². The zero-order chi connectivity index (χ0) is 20.2. The molecule has 29 heavy (non-hydrogen) atoms. The van der Waals surface area contributed by atoms with E-state index in [4.69, 9.17) is 4.74 Å². The van der Waals surface area contributed by atoms with E-state index in [1.165, 1.54) is 33.9 Å². The number of aromatic nitrogens is 1. The summed E-state index contributed by atoms with van der Waals surface area (Å²) in [5.74, 6) is -0.324. The number of amides is 1. The van der Waals surface area contributed by atoms with Crippen LogP contribution >= 0.6 is 22.7 Å². The Morgan fingerprint density at radius 2 is 2.24 bits per heavy atom. The third-order valence-electron chi connectivity index (χ3n) is 4.76. The summed E-state index contributed by atoms with van der Waals surface area (Å²) in [6.07, 6.45) is 1.27. The Kier molecular flexibility index (Phi) is 6.51. The van der Waals surface area contributed by atoms with Crippen LogP contribution in [0.25, 0.3) is 20.8 Å². The molecule has 0 fully saturated rings. The first-order valence-electron chi connectivity index (χ1n) is 9.57. The number of nitrogens with zero attached hydrogens (tertiary/aromatic N) is 1. The Balaban J connectivity index is 1.59. The van der Waals surface area contributed by atoms with Gasteiger partial charge >= 0.3 is 0 Å². The second-order valence-corrected chi connectivity index (χ2v) is 8.94. The maximum atomic E-state index is 13.6. The summed E-state index contributed by atoms with van der Waals surface area (Å²) in [7, 11) is 1.65. The number of carbonyl (C=O) groups excluding carboxylic acids is 1. The van der Waals surface area contributed by atoms with Gasteiger partial charge in [0.2, 0.25) is 5.91 Å². The number of benzene rings is 1. The Bertz CT molecular complexity index is 1020. The van der Waals surface area contributed by atoms with Gasteiger partial charge in [-0.05, 0) is 30.7 Å². The van der Waals surface area contributed by atoms with Crippen molar-refractivity contribution in [3.05, 3.63) is 34.5 Å². The van der Waals surface area contributed by atoms with E-state index in [-0.39, 0.29) is 11.7 Å². The van der Waals surface area contributed by atoms with Gasteiger partial charge in [0.1, 0.15) is 15.8 Å². The van der Waals surface area contributed by atoms with Gasteiger partial charge in [0, 0.05) is 49.7 Å². The van der Waals surface area contributed by atoms with Crippen LogP contribution in [0.15, 0.2) is 18.2 Å². The molecule has 0 bridgehead atoms. The average molecular weight is 435 g/mol. The van der Waals surface area contributed by atoms with Crippen LogP contribution in [0.5, 0.6) is 0 Å². The fraction of sp³-hybridized carbons (Fsp3) is 0.400. The largest absolute Gasteiger partial charge is 0.383 e. The minimum atomic E-state index is -0.291. The number of nitrogens with one attached hydrogen (secondary N) is 3. The quantitative estimate of drug-likeness (QED) is 0.474. The summed E-state index contributed by atoms with van der Waals surface area (Å²) in [6, 6.07) is 4.67. The third kappa shape index (κ3) is 4.65. The van der Waals surface area contributed by atoms with Gasteiger partial charge in [0.05, 0.1) is 16.8 Å². The van der Waals surface area contributed by atoms with Crippen molar-refractivity contribution >= 4 is 43.8 Å². The SMILES string of the molecule is COCCNCCC(=O)Nc1sc2c(c1-c1nc3cc(F)ccc3s1)CCNC2. The van der Waals surface area contributed by atoms with Crippen LogP contribution in [0.3, 0.4) is 0 Å². The number of rotatable bonds is 8. The Labute approximate surface area is 176 Å². The number of thiophene rings is 1. The monoisotopic (exact) mass is 434 g/mol. The van der Waals surface area contributed by atoms with E-state index >= 15 is 0 Å². The lowest BCUT2D eigenvalue weighted by Gasteiger charge is -2.13. The molecule has 4 rings (SSSR count). The van der Waals surface area contributed by atoms with Crippen LogP contribution in [0.2, 0.25) is 0 Å². The molecule has 3 aromatic rings. The topological polar surface area (TPSA) is 75.3 Å². The van der Waals surface area contributed by atoms with Crippen LogP contribution in [-0.4, -0.2) is 44.2 Å². The summed E-state index contributed by atoms with van der Waals surface area (Å²) >= 11 is 3.14. The highest BCUT2D eigenvalue weighted by Crippen LogP contribution is 2.44. The van der Waals surface area contributed by atoms with Crippen molar-refractivity contribution in [1.82, 2.24) is 15.6 Å². The van der Waals surface area contributed by atoms with E-state index in [2.05, 4.69) is 20.9 Å². The number of halogens is 1. The van der Waals surface area contributed by atoms with Crippen molar-refractivity contribution in [3.8, 4) is 10.6 Å². The van der Waals surface area contributed by atoms with Crippen molar-refractivity contribution in [2.24, 2.45) is 0 Å². The lowest BCUT2D eigenvalue weighted by atomic mass is 10.0. The summed E-state index contributed by atoms with van der Waals surface area (Å²) in [6.45, 7) is 3.62. The van der Waals surface area contributed by atoms with Gasteiger partial charge < -0.3 is 20.7 Å². The van der Waals surface area contributed by atoms with Gasteiger partial charge in [0.15, 0.2) is 0 Å². The number of carbonyl (C=O) groups is 1. The average Bonchev–Trinajstić information content (AvgIpc) is 3.27. The third-order valence-corrected chi connectivity index (χ3v) is 6.96. The number of hydrogen-bond donors (Lipinski definition) is 3. The molecule has 0 aliphatic carbocycles. The van der Waals surface area contributed by atoms with Crippen LogP contribution in [0, 0.1) is 5.82 Å². The van der Waals surface area contributed by atoms with Gasteiger partial charge in [-0.2, -0.15) is 0 Å². The first-order chi connectivity index (χ1) is 14.2. The van der Waals surface area contributed by atoms with E-state index < -0.39 is 0 Å². The highest BCUT2D eigenvalue weighted by molar-refractivity contribution is 7.22. The fourth-order valence-electron chi connectivity index (χ4n) is 3.35. The molecule has 3 N–H and O–H groups in total. The Morgan fingerprint density at radius 3 is 3.10 bits per heavy atom. The number of methoxy groups -OCH3 is 1. The number of ether oxygens (including phenoxy) is 1. The molecule has 0 unspecified atom stereocenters. The maximum Gasteiger partial charge on any atom is 0.226 e. The predicted molar refractivity (Wildman–Crippen MR) is 116 cm³/mol. The first kappa shape index (κ1) is 20.4. The molecule has 0 saturated heterocycles. The minimum Gasteiger partial charge on any atom is -0.383 e. The van der Waals surface area contributed by atoms with Crippen molar-refractivity contribution < 1.29 is 13.9 Å². The second-order valence-electron chi connectivity index (χ2n) is 6.81. The van der Waals surface area contributed by atoms with E-state index in [1.54, 1.807) is 24.5 Å². The maximum absolute atomic E-state index is 13.6. The van der Waals surface area contributed by atoms with Crippen molar-refractivity contribution in [3.63, 3.8) is 0 Å². The molecule has 0 saturated carbocycles. The van der Waals surface area contributed by atoms with E-state index in [0.29, 0.717) is 25.1 Å². The van der Waals surface area contributed by atoms with E-state index in [0.717, 1.165) is 46.3 Å². The molecule has 3 heterocycles. The van der Waals surface area contributed by atoms with E-state index in [1.807, 2.05) is 0 Å². The normalized spacial score (nSPS) is 13.6. The zero-order valence-electron chi connectivity index (χ0n) is 16.1. The molecule has 6 nitrogen and oxygen atoms in total. The highest BCUT2D eigenvalue weighted by Gasteiger charge is 2.25. The molecule has 0 spiro atoms. The Hall–Kier alpha value is -1.91. The summed E-state index contributed by atoms with van der Waals surface area (Å²) < 4.78 is 19.5. The van der Waals surface area contributed by atoms with Gasteiger partial charge in [0.25, 0.3) is 0 Å². The van der Waals surface area contributed by atoms with Crippen molar-refractivity contribution in [2.45, 2.75) is 19.4 Å². The lowest BCUT2D eigenvalue weighted by molar-refractivity contribution is -0.116. The van der Waals surface area contributed by atoms with Gasteiger partial charge in [-0.1, -0.05) is 0 Å². The standard InChI is InChI=1S/C20H23FN4O2S2/c1-27-9-8-22-7-5-17(26)25-20-18(13-4-6-23-11-16(13)29-20)19-24-14-10-12(21)2-3-15(14)28-19/h2-3,10,22-23H,4-9,11H2,1H3,(H,25,26). The lowest BCUT2D eigenvalue weighted by Crippen LogP contribution is -2.24. The minimum absolute atomic E-state index is 0.0325. The molecule has 9 heteroatoms. The zero-order valence-corrected chi connectivity index (χ0v) is 17.8. The molecular weight excluding hydrogens is 411 g/mol. The number of thiazole rings is 1. The molecule has 1 aliphatic rings. The molecule has 1 aromatic carbocycles. The van der Waals surface area contributed by atoms with E-state index in [9.17, 15) is 9.18 Å². The van der Waals surface area contributed by atoms with Gasteiger partial charge in [-0.3, -0.25) is 4.79 Å². The molecule has 0 radical (unpaired) electrons. The molecule has 154 valence electrons. The Morgan fingerprint density at radius 1 is 1.34 bits per heavy atom. The summed E-state index contributed by atoms with van der Waals surface area (Å²) in [4.78, 5) is 18.4. The summed E-state index contributed by atoms with van der Waals surface area (Å²) in [5.41, 5.74) is 2.88. The van der Waals surface area contributed by atoms with Crippen LogP contribution in [0.4, 0.5) is 9.39 Å².